The van der Waals surface area contributed by atoms with Crippen LogP contribution in [0, 0.1) is 18.7 Å². The molecule has 3 heterocycles. The van der Waals surface area contributed by atoms with Crippen LogP contribution in [0.1, 0.15) is 25.6 Å². The van der Waals surface area contributed by atoms with E-state index in [1.807, 2.05) is 6.07 Å². The van der Waals surface area contributed by atoms with Crippen molar-refractivity contribution in [2.24, 2.45) is 13.0 Å². The van der Waals surface area contributed by atoms with Crippen LogP contribution in [0.3, 0.4) is 0 Å². The molecule has 3 aromatic rings. The van der Waals surface area contributed by atoms with E-state index in [0.29, 0.717) is 35.0 Å². The zero-order valence-electron chi connectivity index (χ0n) is 17.7. The molecule has 162 valence electrons. The standard InChI is InChI=1S/C23H24ClFN4O2/c1-12-10-29(11-19(31-12)14-4-5-14)20-9-18-21(23(30)28(3)13(2)26-18)22(27-20)16-7-6-15(24)8-17(16)25/h6-9,12,14,19H,4-5,10-11H2,1-3H3/t12-,19-/m0/s1. The highest BCUT2D eigenvalue weighted by atomic mass is 35.5. The van der Waals surface area contributed by atoms with Gasteiger partial charge in [0.1, 0.15) is 17.5 Å². The second-order valence-corrected chi connectivity index (χ2v) is 9.03. The fourth-order valence-electron chi connectivity index (χ4n) is 4.32. The molecule has 2 atom stereocenters. The lowest BCUT2D eigenvalue weighted by Gasteiger charge is -2.38. The highest BCUT2D eigenvalue weighted by Crippen LogP contribution is 2.38. The fraction of sp³-hybridized carbons (Fsp3) is 0.435. The van der Waals surface area contributed by atoms with Gasteiger partial charge in [0.15, 0.2) is 0 Å². The number of halogens is 2. The van der Waals surface area contributed by atoms with Crippen molar-refractivity contribution in [2.75, 3.05) is 18.0 Å². The van der Waals surface area contributed by atoms with Crippen LogP contribution in [0.5, 0.6) is 0 Å². The molecule has 1 aliphatic carbocycles. The minimum atomic E-state index is -0.521. The van der Waals surface area contributed by atoms with Gasteiger partial charge in [-0.05, 0) is 50.8 Å². The third kappa shape index (κ3) is 3.70. The number of fused-ring (bicyclic) bond motifs is 1. The van der Waals surface area contributed by atoms with Gasteiger partial charge in [-0.2, -0.15) is 0 Å². The molecule has 0 amide bonds. The van der Waals surface area contributed by atoms with Gasteiger partial charge in [0.2, 0.25) is 0 Å². The zero-order chi connectivity index (χ0) is 21.9. The number of hydrogen-bond donors (Lipinski definition) is 0. The first-order valence-electron chi connectivity index (χ1n) is 10.6. The third-order valence-electron chi connectivity index (χ3n) is 6.21. The van der Waals surface area contributed by atoms with E-state index in [-0.39, 0.29) is 34.0 Å². The SMILES string of the molecule is Cc1nc2cc(N3C[C@@H](C4CC4)O[C@@H](C)C3)nc(-c3ccc(Cl)cc3F)c2c(=O)n1C. The van der Waals surface area contributed by atoms with Gasteiger partial charge in [-0.15, -0.1) is 0 Å². The van der Waals surface area contributed by atoms with E-state index < -0.39 is 5.82 Å². The summed E-state index contributed by atoms with van der Waals surface area (Å²) in [5.41, 5.74) is 0.783. The maximum absolute atomic E-state index is 14.9. The third-order valence-corrected chi connectivity index (χ3v) is 6.45. The van der Waals surface area contributed by atoms with E-state index in [1.54, 1.807) is 26.1 Å². The predicted octanol–water partition coefficient (Wildman–Crippen LogP) is 4.10. The highest BCUT2D eigenvalue weighted by Gasteiger charge is 2.38. The molecule has 2 aromatic heterocycles. The molecule has 2 fully saturated rings. The van der Waals surface area contributed by atoms with Gasteiger partial charge in [0.05, 0.1) is 28.8 Å². The molecular formula is C23H24ClFN4O2. The molecule has 2 aliphatic rings. The van der Waals surface area contributed by atoms with Crippen LogP contribution < -0.4 is 10.5 Å². The lowest BCUT2D eigenvalue weighted by molar-refractivity contribution is -0.0273. The molecule has 0 unspecified atom stereocenters. The Morgan fingerprint density at radius 2 is 1.97 bits per heavy atom. The summed E-state index contributed by atoms with van der Waals surface area (Å²) >= 11 is 5.96. The van der Waals surface area contributed by atoms with E-state index in [9.17, 15) is 9.18 Å². The van der Waals surface area contributed by atoms with Crippen molar-refractivity contribution < 1.29 is 9.13 Å². The van der Waals surface area contributed by atoms with Gasteiger partial charge in [-0.25, -0.2) is 14.4 Å². The van der Waals surface area contributed by atoms with Crippen LogP contribution in [-0.4, -0.2) is 39.8 Å². The summed E-state index contributed by atoms with van der Waals surface area (Å²) in [4.78, 5) is 24.7. The normalized spacial score (nSPS) is 21.6. The van der Waals surface area contributed by atoms with E-state index in [0.717, 1.165) is 6.54 Å². The van der Waals surface area contributed by atoms with E-state index in [2.05, 4.69) is 16.8 Å². The average Bonchev–Trinajstić information content (AvgIpc) is 3.56. The maximum Gasteiger partial charge on any atom is 0.263 e. The van der Waals surface area contributed by atoms with Crippen LogP contribution in [0.4, 0.5) is 10.2 Å². The van der Waals surface area contributed by atoms with E-state index >= 15 is 0 Å². The Labute approximate surface area is 184 Å². The zero-order valence-corrected chi connectivity index (χ0v) is 18.5. The second kappa shape index (κ2) is 7.57. The Bertz CT molecular complexity index is 1240. The van der Waals surface area contributed by atoms with Gasteiger partial charge < -0.3 is 9.64 Å². The van der Waals surface area contributed by atoms with Crippen LogP contribution in [0.25, 0.3) is 22.2 Å². The summed E-state index contributed by atoms with van der Waals surface area (Å²) in [7, 11) is 1.66. The van der Waals surface area contributed by atoms with Gasteiger partial charge in [-0.3, -0.25) is 9.36 Å². The summed E-state index contributed by atoms with van der Waals surface area (Å²) in [5.74, 6) is 1.33. The Morgan fingerprint density at radius 3 is 2.68 bits per heavy atom. The maximum atomic E-state index is 14.9. The van der Waals surface area contributed by atoms with Gasteiger partial charge in [0.25, 0.3) is 5.56 Å². The number of ether oxygens (including phenoxy) is 1. The van der Waals surface area contributed by atoms with Crippen LogP contribution >= 0.6 is 11.6 Å². The van der Waals surface area contributed by atoms with Gasteiger partial charge in [0, 0.05) is 36.8 Å². The summed E-state index contributed by atoms with van der Waals surface area (Å²) < 4.78 is 22.5. The summed E-state index contributed by atoms with van der Waals surface area (Å²) in [6.07, 6.45) is 2.60. The molecule has 8 heteroatoms. The Kier molecular flexibility index (Phi) is 4.98. The largest absolute Gasteiger partial charge is 0.371 e. The number of benzene rings is 1. The molecule has 0 bridgehead atoms. The molecule has 0 radical (unpaired) electrons. The van der Waals surface area contributed by atoms with Crippen molar-refractivity contribution in [1.82, 2.24) is 14.5 Å². The molecule has 1 saturated carbocycles. The summed E-state index contributed by atoms with van der Waals surface area (Å²) in [6.45, 7) is 5.23. The van der Waals surface area contributed by atoms with Crippen molar-refractivity contribution in [3.05, 3.63) is 51.3 Å². The van der Waals surface area contributed by atoms with Crippen LogP contribution in [0.2, 0.25) is 5.02 Å². The van der Waals surface area contributed by atoms with Crippen molar-refractivity contribution in [3.8, 4) is 11.3 Å². The first kappa shape index (κ1) is 20.4. The quantitative estimate of drug-likeness (QED) is 0.611. The Balaban J connectivity index is 1.72. The van der Waals surface area contributed by atoms with Crippen LogP contribution in [0.15, 0.2) is 29.1 Å². The second-order valence-electron chi connectivity index (χ2n) is 8.60. The molecule has 1 aromatic carbocycles. The number of hydrogen-bond acceptors (Lipinski definition) is 5. The van der Waals surface area contributed by atoms with Gasteiger partial charge in [-0.1, -0.05) is 11.6 Å². The lowest BCUT2D eigenvalue weighted by Crippen LogP contribution is -2.48. The lowest BCUT2D eigenvalue weighted by atomic mass is 10.1. The molecule has 31 heavy (non-hydrogen) atoms. The number of nitrogens with zero attached hydrogens (tertiary/aromatic N) is 4. The van der Waals surface area contributed by atoms with Crippen molar-refractivity contribution in [1.29, 1.82) is 0 Å². The molecule has 5 rings (SSSR count). The molecule has 6 nitrogen and oxygen atoms in total. The van der Waals surface area contributed by atoms with Crippen molar-refractivity contribution in [2.45, 2.75) is 38.9 Å². The number of rotatable bonds is 3. The first-order valence-corrected chi connectivity index (χ1v) is 10.9. The van der Waals surface area contributed by atoms with E-state index in [1.165, 1.54) is 23.5 Å². The predicted molar refractivity (Wildman–Crippen MR) is 119 cm³/mol. The molecule has 1 aliphatic heterocycles. The number of anilines is 1. The van der Waals surface area contributed by atoms with Gasteiger partial charge >= 0.3 is 0 Å². The monoisotopic (exact) mass is 442 g/mol. The van der Waals surface area contributed by atoms with Crippen molar-refractivity contribution >= 4 is 28.3 Å². The Morgan fingerprint density at radius 1 is 1.19 bits per heavy atom. The number of aryl methyl sites for hydroxylation is 1. The van der Waals surface area contributed by atoms with Crippen molar-refractivity contribution in [3.63, 3.8) is 0 Å². The minimum absolute atomic E-state index is 0.0610. The van der Waals surface area contributed by atoms with E-state index in [4.69, 9.17) is 21.3 Å². The molecule has 1 saturated heterocycles. The minimum Gasteiger partial charge on any atom is -0.371 e. The topological polar surface area (TPSA) is 60.2 Å². The summed E-state index contributed by atoms with van der Waals surface area (Å²) in [5, 5.41) is 0.594. The Hall–Kier alpha value is -2.51. The molecule has 0 N–H and O–H groups in total. The number of pyridine rings is 1. The smallest absolute Gasteiger partial charge is 0.263 e. The molecular weight excluding hydrogens is 419 g/mol. The number of aromatic nitrogens is 3. The summed E-state index contributed by atoms with van der Waals surface area (Å²) in [6, 6.07) is 6.25. The molecule has 0 spiro atoms. The van der Waals surface area contributed by atoms with Crippen LogP contribution in [-0.2, 0) is 11.8 Å². The first-order chi connectivity index (χ1) is 14.8. The number of morpholine rings is 1. The highest BCUT2D eigenvalue weighted by molar-refractivity contribution is 6.30. The average molecular weight is 443 g/mol. The fourth-order valence-corrected chi connectivity index (χ4v) is 4.48.